The number of imide groups is 2. The summed E-state index contributed by atoms with van der Waals surface area (Å²) in [6.45, 7) is 1.83. The summed E-state index contributed by atoms with van der Waals surface area (Å²) in [5, 5.41) is 12.1. The first kappa shape index (κ1) is 34.2. The molecule has 3 heterocycles. The molecule has 5 atom stereocenters. The Labute approximate surface area is 299 Å². The van der Waals surface area contributed by atoms with Crippen molar-refractivity contribution in [2.45, 2.75) is 75.2 Å². The van der Waals surface area contributed by atoms with Crippen LogP contribution >= 0.6 is 0 Å². The third-order valence-corrected chi connectivity index (χ3v) is 11.7. The lowest BCUT2D eigenvalue weighted by Crippen LogP contribution is -2.56. The van der Waals surface area contributed by atoms with Crippen LogP contribution in [0.15, 0.2) is 36.4 Å². The number of fused-ring (bicyclic) bond motifs is 2. The van der Waals surface area contributed by atoms with Gasteiger partial charge in [0.25, 0.3) is 11.8 Å². The summed E-state index contributed by atoms with van der Waals surface area (Å²) in [5.41, 5.74) is 2.03. The number of ether oxygens (including phenoxy) is 2. The zero-order valence-electron chi connectivity index (χ0n) is 28.6. The summed E-state index contributed by atoms with van der Waals surface area (Å²) in [4.78, 5) is 79.0. The van der Waals surface area contributed by atoms with Gasteiger partial charge in [0, 0.05) is 42.8 Å². The summed E-state index contributed by atoms with van der Waals surface area (Å²) in [7, 11) is 0. The van der Waals surface area contributed by atoms with Crippen LogP contribution in [0.1, 0.15) is 76.8 Å². The fourth-order valence-corrected chi connectivity index (χ4v) is 9.67. The number of carbonyl (C=O) groups excluding carboxylic acids is 6. The van der Waals surface area contributed by atoms with Gasteiger partial charge in [0.15, 0.2) is 0 Å². The third kappa shape index (κ3) is 6.19. The molecule has 0 aromatic heterocycles. The molecule has 15 heteroatoms. The molecule has 0 spiro atoms. The van der Waals surface area contributed by atoms with E-state index in [-0.39, 0.29) is 73.1 Å². The van der Waals surface area contributed by atoms with E-state index in [0.29, 0.717) is 37.2 Å². The molecule has 5 unspecified atom stereocenters. The minimum absolute atomic E-state index is 0.0157. The lowest BCUT2D eigenvalue weighted by molar-refractivity contribution is -0.136. The number of nitrogens with one attached hydrogen (secondary N) is 4. The van der Waals surface area contributed by atoms with E-state index in [4.69, 9.17) is 9.47 Å². The predicted octanol–water partition coefficient (Wildman–Crippen LogP) is 2.21. The smallest absolute Gasteiger partial charge is 0.407 e. The molecular weight excluding hydrogens is 675 g/mol. The van der Waals surface area contributed by atoms with Gasteiger partial charge in [-0.1, -0.05) is 12.1 Å². The molecule has 2 aromatic rings. The van der Waals surface area contributed by atoms with Crippen molar-refractivity contribution >= 4 is 41.3 Å². The van der Waals surface area contributed by atoms with E-state index in [2.05, 4.69) is 21.3 Å². The number of alkyl carbamates (subject to hydrolysis) is 1. The minimum atomic E-state index is -1.04. The minimum Gasteiger partial charge on any atom is -0.447 e. The number of amides is 6. The largest absolute Gasteiger partial charge is 0.447 e. The second-order valence-corrected chi connectivity index (χ2v) is 15.0. The van der Waals surface area contributed by atoms with Gasteiger partial charge in [0.1, 0.15) is 18.5 Å². The average Bonchev–Trinajstić information content (AvgIpc) is 3.77. The van der Waals surface area contributed by atoms with Crippen molar-refractivity contribution in [2.24, 2.45) is 11.8 Å². The zero-order chi connectivity index (χ0) is 36.2. The number of halogens is 1. The molecule has 52 heavy (non-hydrogen) atoms. The van der Waals surface area contributed by atoms with Crippen LogP contribution in [0.5, 0.6) is 0 Å². The van der Waals surface area contributed by atoms with Crippen molar-refractivity contribution in [3.8, 4) is 0 Å². The van der Waals surface area contributed by atoms with Crippen LogP contribution in [0.2, 0.25) is 0 Å². The lowest BCUT2D eigenvalue weighted by atomic mass is 9.74. The van der Waals surface area contributed by atoms with Crippen LogP contribution in [-0.4, -0.2) is 95.5 Å². The maximum absolute atomic E-state index is 13.7. The van der Waals surface area contributed by atoms with Crippen molar-refractivity contribution in [2.75, 3.05) is 38.2 Å². The Kier molecular flexibility index (Phi) is 8.73. The van der Waals surface area contributed by atoms with Gasteiger partial charge in [-0.2, -0.15) is 0 Å². The van der Waals surface area contributed by atoms with E-state index in [1.165, 1.54) is 18.2 Å². The number of piperidine rings is 1. The summed E-state index contributed by atoms with van der Waals surface area (Å²) in [6.07, 6.45) is 4.15. The standard InChI is InChI=1S/C37H41FN6O8/c38-25-5-4-22-18-43(19-23(22)13-25)30(46)17-40-36-14-21-12-24(16-36)37(15-21,20-36)42-35(50)52-11-10-51-9-8-39-27-3-1-2-26-31(27)34(49)44(33(26)48)28-6-7-29(45)41-32(28)47/h1-5,13,21,24,28,39-40H,6-12,14-20H2,(H,42,50)(H,41,45,47). The highest BCUT2D eigenvalue weighted by Gasteiger charge is 2.64. The van der Waals surface area contributed by atoms with E-state index in [1.807, 2.05) is 0 Å². The molecule has 1 saturated heterocycles. The summed E-state index contributed by atoms with van der Waals surface area (Å²) >= 11 is 0. The zero-order valence-corrected chi connectivity index (χ0v) is 28.6. The highest BCUT2D eigenvalue weighted by molar-refractivity contribution is 6.25. The van der Waals surface area contributed by atoms with Gasteiger partial charge in [0.05, 0.1) is 30.9 Å². The molecule has 14 nitrogen and oxygen atoms in total. The first-order valence-corrected chi connectivity index (χ1v) is 17.9. The topological polar surface area (TPSA) is 175 Å². The molecule has 5 fully saturated rings. The van der Waals surface area contributed by atoms with Gasteiger partial charge < -0.3 is 30.3 Å². The Morgan fingerprint density at radius 3 is 2.67 bits per heavy atom. The van der Waals surface area contributed by atoms with Crippen LogP contribution in [-0.2, 0) is 36.9 Å². The van der Waals surface area contributed by atoms with Crippen LogP contribution in [0.4, 0.5) is 14.9 Å². The Balaban J connectivity index is 0.764. The van der Waals surface area contributed by atoms with Crippen molar-refractivity contribution in [1.29, 1.82) is 0 Å². The van der Waals surface area contributed by atoms with E-state index in [9.17, 15) is 33.2 Å². The molecule has 3 aliphatic heterocycles. The van der Waals surface area contributed by atoms with E-state index in [0.717, 1.165) is 48.1 Å². The number of hydrogen-bond donors (Lipinski definition) is 4. The Hall–Kier alpha value is -4.89. The highest BCUT2D eigenvalue weighted by atomic mass is 19.1. The van der Waals surface area contributed by atoms with Gasteiger partial charge in [-0.15, -0.1) is 0 Å². The first-order chi connectivity index (χ1) is 25.0. The highest BCUT2D eigenvalue weighted by Crippen LogP contribution is 2.62. The molecule has 4 N–H and O–H groups in total. The Morgan fingerprint density at radius 2 is 1.83 bits per heavy atom. The van der Waals surface area contributed by atoms with Crippen LogP contribution in [0.3, 0.4) is 0 Å². The molecule has 4 bridgehead atoms. The average molecular weight is 717 g/mol. The number of hydrogen-bond acceptors (Lipinski definition) is 10. The summed E-state index contributed by atoms with van der Waals surface area (Å²) < 4.78 is 24.8. The van der Waals surface area contributed by atoms with E-state index in [1.54, 1.807) is 23.1 Å². The number of rotatable bonds is 12. The molecule has 4 saturated carbocycles. The lowest BCUT2D eigenvalue weighted by Gasteiger charge is -2.41. The molecule has 4 aliphatic carbocycles. The number of carbonyl (C=O) groups is 6. The number of benzene rings is 2. The molecule has 9 rings (SSSR count). The Morgan fingerprint density at radius 1 is 0.981 bits per heavy atom. The number of anilines is 1. The third-order valence-electron chi connectivity index (χ3n) is 11.7. The second kappa shape index (κ2) is 13.3. The summed E-state index contributed by atoms with van der Waals surface area (Å²) in [6, 6.07) is 8.47. The molecule has 274 valence electrons. The van der Waals surface area contributed by atoms with Crippen molar-refractivity contribution in [1.82, 2.24) is 25.8 Å². The van der Waals surface area contributed by atoms with Crippen LogP contribution in [0.25, 0.3) is 0 Å². The fraction of sp³-hybridized carbons (Fsp3) is 0.514. The SMILES string of the molecule is O=C1CCC(N2C(=O)c3cccc(NCCOCCOC(=O)NC45CC6CC4CC(NCC(=O)N4Cc7ccc(F)cc7C4)(C6)C5)c3C2=O)C(=O)N1. The van der Waals surface area contributed by atoms with Crippen molar-refractivity contribution in [3.05, 3.63) is 64.5 Å². The molecule has 0 radical (unpaired) electrons. The molecule has 7 aliphatic rings. The number of nitrogens with zero attached hydrogens (tertiary/aromatic N) is 2. The maximum atomic E-state index is 13.7. The van der Waals surface area contributed by atoms with Gasteiger partial charge in [-0.3, -0.25) is 34.2 Å². The van der Waals surface area contributed by atoms with Crippen LogP contribution < -0.4 is 21.3 Å². The van der Waals surface area contributed by atoms with Crippen molar-refractivity contribution in [3.63, 3.8) is 0 Å². The van der Waals surface area contributed by atoms with Crippen LogP contribution in [0, 0.1) is 17.7 Å². The van der Waals surface area contributed by atoms with Gasteiger partial charge >= 0.3 is 6.09 Å². The van der Waals surface area contributed by atoms with Crippen molar-refractivity contribution < 1.29 is 42.6 Å². The normalized spacial score (nSPS) is 28.3. The summed E-state index contributed by atoms with van der Waals surface area (Å²) in [5.74, 6) is -1.81. The fourth-order valence-electron chi connectivity index (χ4n) is 9.67. The molecule has 2 aromatic carbocycles. The van der Waals surface area contributed by atoms with E-state index < -0.39 is 35.8 Å². The molecule has 6 amide bonds. The predicted molar refractivity (Wildman–Crippen MR) is 181 cm³/mol. The maximum Gasteiger partial charge on any atom is 0.407 e. The monoisotopic (exact) mass is 716 g/mol. The Bertz CT molecular complexity index is 1870. The van der Waals surface area contributed by atoms with Gasteiger partial charge in [0.2, 0.25) is 17.7 Å². The van der Waals surface area contributed by atoms with Gasteiger partial charge in [-0.25, -0.2) is 9.18 Å². The molecular formula is C37H41FN6O8. The quantitative estimate of drug-likeness (QED) is 0.188. The van der Waals surface area contributed by atoms with E-state index >= 15 is 0 Å². The first-order valence-electron chi connectivity index (χ1n) is 17.9. The van der Waals surface area contributed by atoms with Gasteiger partial charge in [-0.05, 0) is 85.8 Å². The second-order valence-electron chi connectivity index (χ2n) is 15.0.